The van der Waals surface area contributed by atoms with E-state index in [0.29, 0.717) is 5.69 Å². The Balaban J connectivity index is 1.86. The number of hydrogen-bond donors (Lipinski definition) is 2. The van der Waals surface area contributed by atoms with Gasteiger partial charge in [-0.25, -0.2) is 0 Å². The highest BCUT2D eigenvalue weighted by Crippen LogP contribution is 2.37. The Hall–Kier alpha value is -1.81. The van der Waals surface area contributed by atoms with Crippen LogP contribution < -0.4 is 5.32 Å². The van der Waals surface area contributed by atoms with Crippen LogP contribution >= 0.6 is 0 Å². The molecular weight excluding hydrogens is 264 g/mol. The van der Waals surface area contributed by atoms with Gasteiger partial charge in [-0.3, -0.25) is 4.79 Å². The first-order valence-corrected chi connectivity index (χ1v) is 7.51. The average molecular weight is 286 g/mol. The third-order valence-corrected chi connectivity index (χ3v) is 4.93. The van der Waals surface area contributed by atoms with E-state index in [2.05, 4.69) is 5.32 Å². The minimum absolute atomic E-state index is 0.0491. The molecule has 0 spiro atoms. The van der Waals surface area contributed by atoms with Gasteiger partial charge in [0.05, 0.1) is 6.61 Å². The number of nitrogens with zero attached hydrogens (tertiary/aromatic N) is 1. The summed E-state index contributed by atoms with van der Waals surface area (Å²) >= 11 is 0. The molecule has 2 aromatic rings. The molecule has 4 heteroatoms. The zero-order valence-corrected chi connectivity index (χ0v) is 12.6. The van der Waals surface area contributed by atoms with Crippen molar-refractivity contribution in [2.24, 2.45) is 12.5 Å². The largest absolute Gasteiger partial charge is 0.396 e. The van der Waals surface area contributed by atoms with Crippen LogP contribution in [0.15, 0.2) is 30.3 Å². The van der Waals surface area contributed by atoms with Gasteiger partial charge in [-0.2, -0.15) is 0 Å². The molecule has 3 rings (SSSR count). The van der Waals surface area contributed by atoms with E-state index in [0.717, 1.165) is 30.2 Å². The third kappa shape index (κ3) is 2.33. The van der Waals surface area contributed by atoms with Crippen molar-refractivity contribution in [2.75, 3.05) is 6.61 Å². The molecule has 2 atom stereocenters. The quantitative estimate of drug-likeness (QED) is 0.910. The highest BCUT2D eigenvalue weighted by atomic mass is 16.3. The summed E-state index contributed by atoms with van der Waals surface area (Å²) in [5.41, 5.74) is 1.53. The highest BCUT2D eigenvalue weighted by molar-refractivity contribution is 5.98. The van der Waals surface area contributed by atoms with Crippen LogP contribution in [0.25, 0.3) is 10.9 Å². The number of nitrogens with one attached hydrogen (secondary N) is 1. The van der Waals surface area contributed by atoms with Crippen molar-refractivity contribution in [3.8, 4) is 0 Å². The van der Waals surface area contributed by atoms with Gasteiger partial charge in [0.25, 0.3) is 5.91 Å². The van der Waals surface area contributed by atoms with Gasteiger partial charge in [-0.1, -0.05) is 31.5 Å². The molecule has 1 aromatic carbocycles. The fourth-order valence-corrected chi connectivity index (χ4v) is 3.41. The molecule has 2 N–H and O–H groups in total. The van der Waals surface area contributed by atoms with Crippen LogP contribution in [0, 0.1) is 5.41 Å². The normalized spacial score (nSPS) is 25.4. The summed E-state index contributed by atoms with van der Waals surface area (Å²) in [5.74, 6) is -0.0553. The topological polar surface area (TPSA) is 54.3 Å². The van der Waals surface area contributed by atoms with E-state index in [-0.39, 0.29) is 24.0 Å². The molecule has 1 amide bonds. The molecule has 0 radical (unpaired) electrons. The number of carbonyl (C=O) groups excluding carboxylic acids is 1. The van der Waals surface area contributed by atoms with Crippen molar-refractivity contribution < 1.29 is 9.90 Å². The Labute approximate surface area is 124 Å². The first-order valence-electron chi connectivity index (χ1n) is 7.51. The van der Waals surface area contributed by atoms with Gasteiger partial charge < -0.3 is 15.0 Å². The second-order valence-corrected chi connectivity index (χ2v) is 6.38. The van der Waals surface area contributed by atoms with Crippen LogP contribution in [0.3, 0.4) is 0 Å². The van der Waals surface area contributed by atoms with Crippen LogP contribution in [-0.2, 0) is 7.05 Å². The molecule has 112 valence electrons. The fraction of sp³-hybridized carbons (Fsp3) is 0.471. The van der Waals surface area contributed by atoms with Gasteiger partial charge in [0.15, 0.2) is 0 Å². The summed E-state index contributed by atoms with van der Waals surface area (Å²) in [5, 5.41) is 13.8. The monoisotopic (exact) mass is 286 g/mol. The summed E-state index contributed by atoms with van der Waals surface area (Å²) in [7, 11) is 1.91. The van der Waals surface area contributed by atoms with Gasteiger partial charge in [0.2, 0.25) is 0 Å². The maximum atomic E-state index is 12.6. The van der Waals surface area contributed by atoms with E-state index >= 15 is 0 Å². The second kappa shape index (κ2) is 5.19. The van der Waals surface area contributed by atoms with Crippen LogP contribution in [0.2, 0.25) is 0 Å². The summed E-state index contributed by atoms with van der Waals surface area (Å²) in [4.78, 5) is 12.6. The van der Waals surface area contributed by atoms with E-state index in [1.807, 2.05) is 48.9 Å². The Bertz CT molecular complexity index is 676. The summed E-state index contributed by atoms with van der Waals surface area (Å²) in [6.07, 6.45) is 2.95. The number of aryl methyl sites for hydroxylation is 1. The summed E-state index contributed by atoms with van der Waals surface area (Å²) in [6.45, 7) is 2.17. The maximum absolute atomic E-state index is 12.6. The standard InChI is InChI=1S/C17H22N2O2/c1-17(11-20)9-5-8-15(17)18-16(21)14-10-12-6-3-4-7-13(12)19(14)2/h3-4,6-7,10,15,20H,5,8-9,11H2,1-2H3,(H,18,21). The Morgan fingerprint density at radius 1 is 1.48 bits per heavy atom. The van der Waals surface area contributed by atoms with Gasteiger partial charge in [0, 0.05) is 29.4 Å². The van der Waals surface area contributed by atoms with Crippen LogP contribution in [-0.4, -0.2) is 28.2 Å². The van der Waals surface area contributed by atoms with E-state index in [4.69, 9.17) is 0 Å². The number of aliphatic hydroxyl groups excluding tert-OH is 1. The van der Waals surface area contributed by atoms with Crippen molar-refractivity contribution in [2.45, 2.75) is 32.2 Å². The highest BCUT2D eigenvalue weighted by Gasteiger charge is 2.39. The number of benzene rings is 1. The Morgan fingerprint density at radius 2 is 2.24 bits per heavy atom. The lowest BCUT2D eigenvalue weighted by atomic mass is 9.86. The molecule has 1 aliphatic carbocycles. The van der Waals surface area contributed by atoms with Crippen LogP contribution in [0.4, 0.5) is 0 Å². The number of aliphatic hydroxyl groups is 1. The zero-order chi connectivity index (χ0) is 15.0. The zero-order valence-electron chi connectivity index (χ0n) is 12.6. The average Bonchev–Trinajstić information content (AvgIpc) is 3.02. The lowest BCUT2D eigenvalue weighted by Crippen LogP contribution is -2.45. The van der Waals surface area contributed by atoms with E-state index in [9.17, 15) is 9.90 Å². The van der Waals surface area contributed by atoms with Crippen molar-refractivity contribution in [3.63, 3.8) is 0 Å². The molecule has 0 aliphatic heterocycles. The predicted octanol–water partition coefficient (Wildman–Crippen LogP) is 2.46. The Kier molecular flexibility index (Phi) is 3.49. The number of amides is 1. The number of carbonyl (C=O) groups is 1. The number of fused-ring (bicyclic) bond motifs is 1. The molecule has 1 fully saturated rings. The molecule has 1 saturated carbocycles. The lowest BCUT2D eigenvalue weighted by Gasteiger charge is -2.30. The van der Waals surface area contributed by atoms with Gasteiger partial charge in [-0.15, -0.1) is 0 Å². The second-order valence-electron chi connectivity index (χ2n) is 6.38. The number of rotatable bonds is 3. The van der Waals surface area contributed by atoms with Crippen molar-refractivity contribution >= 4 is 16.8 Å². The van der Waals surface area contributed by atoms with Gasteiger partial charge in [0.1, 0.15) is 5.69 Å². The molecular formula is C17H22N2O2. The first kappa shape index (κ1) is 14.1. The lowest BCUT2D eigenvalue weighted by molar-refractivity contribution is 0.0823. The molecule has 0 saturated heterocycles. The van der Waals surface area contributed by atoms with E-state index < -0.39 is 0 Å². The van der Waals surface area contributed by atoms with E-state index in [1.54, 1.807) is 0 Å². The molecule has 4 nitrogen and oxygen atoms in total. The first-order chi connectivity index (χ1) is 10.0. The molecule has 1 aliphatic rings. The summed E-state index contributed by atoms with van der Waals surface area (Å²) < 4.78 is 1.93. The minimum atomic E-state index is -0.194. The maximum Gasteiger partial charge on any atom is 0.268 e. The van der Waals surface area contributed by atoms with E-state index in [1.165, 1.54) is 0 Å². The van der Waals surface area contributed by atoms with Crippen molar-refractivity contribution in [1.82, 2.24) is 9.88 Å². The van der Waals surface area contributed by atoms with Gasteiger partial charge in [-0.05, 0) is 25.0 Å². The SMILES string of the molecule is Cn1c(C(=O)NC2CCCC2(C)CO)cc2ccccc21. The smallest absolute Gasteiger partial charge is 0.268 e. The third-order valence-electron chi connectivity index (χ3n) is 4.93. The Morgan fingerprint density at radius 3 is 2.95 bits per heavy atom. The fourth-order valence-electron chi connectivity index (χ4n) is 3.41. The van der Waals surface area contributed by atoms with Crippen LogP contribution in [0.5, 0.6) is 0 Å². The molecule has 1 aromatic heterocycles. The molecule has 2 unspecified atom stereocenters. The minimum Gasteiger partial charge on any atom is -0.396 e. The van der Waals surface area contributed by atoms with Gasteiger partial charge >= 0.3 is 0 Å². The van der Waals surface area contributed by atoms with Crippen molar-refractivity contribution in [3.05, 3.63) is 36.0 Å². The molecule has 1 heterocycles. The predicted molar refractivity (Wildman–Crippen MR) is 83.2 cm³/mol. The van der Waals surface area contributed by atoms with Crippen LogP contribution in [0.1, 0.15) is 36.7 Å². The number of para-hydroxylation sites is 1. The summed E-state index contributed by atoms with van der Waals surface area (Å²) in [6, 6.07) is 9.95. The number of aromatic nitrogens is 1. The number of hydrogen-bond acceptors (Lipinski definition) is 2. The molecule has 0 bridgehead atoms. The molecule has 21 heavy (non-hydrogen) atoms. The van der Waals surface area contributed by atoms with Crippen molar-refractivity contribution in [1.29, 1.82) is 0 Å².